The fourth-order valence-corrected chi connectivity index (χ4v) is 3.89. The van der Waals surface area contributed by atoms with E-state index in [4.69, 9.17) is 5.26 Å². The zero-order valence-electron chi connectivity index (χ0n) is 15.4. The third-order valence-corrected chi connectivity index (χ3v) is 5.45. The average Bonchev–Trinajstić information content (AvgIpc) is 2.82. The average molecular weight is 375 g/mol. The van der Waals surface area contributed by atoms with Crippen LogP contribution >= 0.6 is 11.8 Å². The number of hydrogen-bond donors (Lipinski definition) is 1. The molecule has 6 nitrogen and oxygen atoms in total. The Morgan fingerprint density at radius 2 is 2.04 bits per heavy atom. The van der Waals surface area contributed by atoms with E-state index in [9.17, 15) is 9.59 Å². The molecule has 7 heteroatoms. The van der Waals surface area contributed by atoms with Crippen LogP contribution in [0.3, 0.4) is 0 Å². The fraction of sp³-hybridized carbons (Fsp3) is 0.526. The number of rotatable bonds is 6. The van der Waals surface area contributed by atoms with E-state index in [1.54, 1.807) is 18.7 Å². The molecular weight excluding hydrogens is 348 g/mol. The van der Waals surface area contributed by atoms with E-state index >= 15 is 0 Å². The molecule has 1 N–H and O–H groups in total. The van der Waals surface area contributed by atoms with Crippen LogP contribution < -0.4 is 5.32 Å². The SMILES string of the molecule is CC(=O)N1CCCN(CC(=O)Nc2ccccc2S[C@H](C)CC#N)CC1. The normalized spacial score (nSPS) is 16.4. The first-order valence-corrected chi connectivity index (χ1v) is 9.78. The van der Waals surface area contributed by atoms with Crippen LogP contribution in [0.15, 0.2) is 29.2 Å². The van der Waals surface area contributed by atoms with Crippen LogP contribution in [0.25, 0.3) is 0 Å². The van der Waals surface area contributed by atoms with Gasteiger partial charge in [-0.05, 0) is 18.6 Å². The summed E-state index contributed by atoms with van der Waals surface area (Å²) in [4.78, 5) is 28.9. The molecule has 0 aliphatic carbocycles. The molecule has 0 bridgehead atoms. The second-order valence-corrected chi connectivity index (χ2v) is 7.95. The van der Waals surface area contributed by atoms with Gasteiger partial charge in [0.2, 0.25) is 11.8 Å². The van der Waals surface area contributed by atoms with Gasteiger partial charge in [0.05, 0.1) is 18.3 Å². The second kappa shape index (κ2) is 10.2. The summed E-state index contributed by atoms with van der Waals surface area (Å²) >= 11 is 1.59. The number of amides is 2. The quantitative estimate of drug-likeness (QED) is 0.775. The van der Waals surface area contributed by atoms with Gasteiger partial charge in [0.25, 0.3) is 0 Å². The second-order valence-electron chi connectivity index (χ2n) is 6.47. The third kappa shape index (κ3) is 6.36. The first kappa shape index (κ1) is 20.3. The number of para-hydroxylation sites is 1. The standard InChI is InChI=1S/C19H26N4O2S/c1-15(8-9-20)26-18-7-4-3-6-17(18)21-19(25)14-22-10-5-11-23(13-12-22)16(2)24/h3-4,6-7,15H,5,8,10-14H2,1-2H3,(H,21,25)/t15-/m1/s1. The van der Waals surface area contributed by atoms with Crippen molar-refractivity contribution < 1.29 is 9.59 Å². The summed E-state index contributed by atoms with van der Waals surface area (Å²) in [7, 11) is 0. The summed E-state index contributed by atoms with van der Waals surface area (Å²) in [5, 5.41) is 12.0. The van der Waals surface area contributed by atoms with E-state index < -0.39 is 0 Å². The Hall–Kier alpha value is -2.04. The largest absolute Gasteiger partial charge is 0.342 e. The molecule has 0 radical (unpaired) electrons. The van der Waals surface area contributed by atoms with Crippen molar-refractivity contribution in [2.75, 3.05) is 38.0 Å². The van der Waals surface area contributed by atoms with Gasteiger partial charge < -0.3 is 10.2 Å². The molecule has 0 saturated carbocycles. The summed E-state index contributed by atoms with van der Waals surface area (Å²) in [5.74, 6) is 0.0380. The lowest BCUT2D eigenvalue weighted by atomic mass is 10.3. The van der Waals surface area contributed by atoms with Crippen molar-refractivity contribution in [3.63, 3.8) is 0 Å². The Bertz CT molecular complexity index is 674. The molecule has 1 heterocycles. The molecule has 1 aromatic rings. The predicted octanol–water partition coefficient (Wildman–Crippen LogP) is 2.57. The zero-order chi connectivity index (χ0) is 18.9. The van der Waals surface area contributed by atoms with Gasteiger partial charge >= 0.3 is 0 Å². The Kier molecular flexibility index (Phi) is 7.95. The van der Waals surface area contributed by atoms with Crippen LogP contribution in [-0.4, -0.2) is 59.6 Å². The highest BCUT2D eigenvalue weighted by molar-refractivity contribution is 8.00. The summed E-state index contributed by atoms with van der Waals surface area (Å²) in [6, 6.07) is 9.85. The molecule has 1 aliphatic heterocycles. The number of nitrogens with zero attached hydrogens (tertiary/aromatic N) is 3. The third-order valence-electron chi connectivity index (χ3n) is 4.27. The van der Waals surface area contributed by atoms with E-state index in [1.165, 1.54) is 0 Å². The molecule has 1 fully saturated rings. The van der Waals surface area contributed by atoms with Crippen molar-refractivity contribution >= 4 is 29.3 Å². The molecule has 1 aliphatic rings. The number of nitriles is 1. The lowest BCUT2D eigenvalue weighted by Crippen LogP contribution is -2.37. The van der Waals surface area contributed by atoms with Crippen LogP contribution in [0, 0.1) is 11.3 Å². The van der Waals surface area contributed by atoms with Crippen LogP contribution in [0.5, 0.6) is 0 Å². The Labute approximate surface area is 159 Å². The maximum Gasteiger partial charge on any atom is 0.238 e. The number of benzene rings is 1. The fourth-order valence-electron chi connectivity index (χ4n) is 2.90. The molecule has 0 aromatic heterocycles. The van der Waals surface area contributed by atoms with Gasteiger partial charge in [-0.1, -0.05) is 19.1 Å². The first-order chi connectivity index (χ1) is 12.5. The van der Waals surface area contributed by atoms with Crippen molar-refractivity contribution in [3.8, 4) is 6.07 Å². The van der Waals surface area contributed by atoms with Crippen LogP contribution in [0.1, 0.15) is 26.7 Å². The molecular formula is C19H26N4O2S. The Balaban J connectivity index is 1.92. The molecule has 26 heavy (non-hydrogen) atoms. The number of nitrogens with one attached hydrogen (secondary N) is 1. The van der Waals surface area contributed by atoms with E-state index in [-0.39, 0.29) is 17.1 Å². The van der Waals surface area contributed by atoms with Gasteiger partial charge in [0.15, 0.2) is 0 Å². The minimum absolute atomic E-state index is 0.0535. The highest BCUT2D eigenvalue weighted by Crippen LogP contribution is 2.31. The minimum Gasteiger partial charge on any atom is -0.342 e. The molecule has 1 atom stereocenters. The number of hydrogen-bond acceptors (Lipinski definition) is 5. The smallest absolute Gasteiger partial charge is 0.238 e. The number of anilines is 1. The van der Waals surface area contributed by atoms with Gasteiger partial charge in [0, 0.05) is 49.7 Å². The Morgan fingerprint density at radius 3 is 2.77 bits per heavy atom. The molecule has 140 valence electrons. The zero-order valence-corrected chi connectivity index (χ0v) is 16.2. The maximum atomic E-state index is 12.5. The van der Waals surface area contributed by atoms with Gasteiger partial charge in [-0.2, -0.15) is 5.26 Å². The molecule has 0 spiro atoms. The lowest BCUT2D eigenvalue weighted by molar-refractivity contribution is -0.128. The molecule has 2 amide bonds. The summed E-state index contributed by atoms with van der Waals surface area (Å²) in [6.07, 6.45) is 1.35. The van der Waals surface area contributed by atoms with Gasteiger partial charge in [-0.25, -0.2) is 0 Å². The Morgan fingerprint density at radius 1 is 1.27 bits per heavy atom. The predicted molar refractivity (Wildman–Crippen MR) is 104 cm³/mol. The monoisotopic (exact) mass is 374 g/mol. The highest BCUT2D eigenvalue weighted by Gasteiger charge is 2.19. The van der Waals surface area contributed by atoms with Crippen molar-refractivity contribution in [1.82, 2.24) is 9.80 Å². The number of carbonyl (C=O) groups is 2. The van der Waals surface area contributed by atoms with E-state index in [2.05, 4.69) is 16.3 Å². The van der Waals surface area contributed by atoms with Crippen LogP contribution in [-0.2, 0) is 9.59 Å². The van der Waals surface area contributed by atoms with Crippen LogP contribution in [0.2, 0.25) is 0 Å². The van der Waals surface area contributed by atoms with Gasteiger partial charge in [-0.3, -0.25) is 14.5 Å². The highest BCUT2D eigenvalue weighted by atomic mass is 32.2. The maximum absolute atomic E-state index is 12.5. The first-order valence-electron chi connectivity index (χ1n) is 8.90. The van der Waals surface area contributed by atoms with E-state index in [0.717, 1.165) is 30.1 Å². The van der Waals surface area contributed by atoms with E-state index in [1.807, 2.05) is 36.1 Å². The van der Waals surface area contributed by atoms with Crippen molar-refractivity contribution in [2.24, 2.45) is 0 Å². The van der Waals surface area contributed by atoms with Gasteiger partial charge in [-0.15, -0.1) is 11.8 Å². The summed E-state index contributed by atoms with van der Waals surface area (Å²) < 4.78 is 0. The summed E-state index contributed by atoms with van der Waals surface area (Å²) in [6.45, 7) is 6.85. The molecule has 1 saturated heterocycles. The van der Waals surface area contributed by atoms with E-state index in [0.29, 0.717) is 26.1 Å². The van der Waals surface area contributed by atoms with Crippen molar-refractivity contribution in [2.45, 2.75) is 36.8 Å². The van der Waals surface area contributed by atoms with Crippen molar-refractivity contribution in [3.05, 3.63) is 24.3 Å². The molecule has 2 rings (SSSR count). The van der Waals surface area contributed by atoms with Crippen LogP contribution in [0.4, 0.5) is 5.69 Å². The van der Waals surface area contributed by atoms with Gasteiger partial charge in [0.1, 0.15) is 0 Å². The van der Waals surface area contributed by atoms with Crippen molar-refractivity contribution in [1.29, 1.82) is 5.26 Å². The molecule has 1 aromatic carbocycles. The summed E-state index contributed by atoms with van der Waals surface area (Å²) in [5.41, 5.74) is 0.785. The topological polar surface area (TPSA) is 76.4 Å². The minimum atomic E-state index is -0.0535. The molecule has 0 unspecified atom stereocenters. The number of thioether (sulfide) groups is 1. The number of carbonyl (C=O) groups excluding carboxylic acids is 2. The lowest BCUT2D eigenvalue weighted by Gasteiger charge is -2.21.